The van der Waals surface area contributed by atoms with E-state index in [1.165, 1.54) is 24.3 Å². The summed E-state index contributed by atoms with van der Waals surface area (Å²) >= 11 is 1.77. The molecule has 0 amide bonds. The Morgan fingerprint density at radius 2 is 2.36 bits per heavy atom. The molecule has 2 rings (SSSR count). The maximum atomic E-state index is 6.21. The van der Waals surface area contributed by atoms with Crippen molar-refractivity contribution < 1.29 is 0 Å². The van der Waals surface area contributed by atoms with Gasteiger partial charge in [0.15, 0.2) is 0 Å². The van der Waals surface area contributed by atoms with E-state index in [2.05, 4.69) is 17.3 Å². The second-order valence-corrected chi connectivity index (χ2v) is 5.18. The van der Waals surface area contributed by atoms with E-state index in [0.29, 0.717) is 0 Å². The average molecular weight is 210 g/mol. The molecule has 0 aliphatic heterocycles. The monoisotopic (exact) mass is 210 g/mol. The van der Waals surface area contributed by atoms with Crippen molar-refractivity contribution in [2.45, 2.75) is 51.0 Å². The van der Waals surface area contributed by atoms with E-state index in [1.54, 1.807) is 11.3 Å². The van der Waals surface area contributed by atoms with Crippen LogP contribution in [0.2, 0.25) is 0 Å². The van der Waals surface area contributed by atoms with Crippen molar-refractivity contribution in [2.24, 2.45) is 5.73 Å². The molecule has 2 nitrogen and oxygen atoms in total. The van der Waals surface area contributed by atoms with Crippen LogP contribution in [-0.4, -0.2) is 4.98 Å². The molecular formula is C11H18N2S. The molecule has 2 N–H and O–H groups in total. The number of thiazole rings is 1. The van der Waals surface area contributed by atoms with E-state index >= 15 is 0 Å². The van der Waals surface area contributed by atoms with Gasteiger partial charge in [0.25, 0.3) is 0 Å². The van der Waals surface area contributed by atoms with Gasteiger partial charge in [0.05, 0.1) is 16.2 Å². The van der Waals surface area contributed by atoms with Crippen LogP contribution in [0.3, 0.4) is 0 Å². The first-order valence-corrected chi connectivity index (χ1v) is 6.36. The standard InChI is InChI=1S/C11H18N2S/c1-2-3-5-10-13-9(8-14-10)11(12)6-4-7-11/h8H,2-7,12H2,1H3. The lowest BCUT2D eigenvalue weighted by Crippen LogP contribution is -2.43. The third kappa shape index (κ3) is 1.84. The molecule has 78 valence electrons. The van der Waals surface area contributed by atoms with E-state index in [1.807, 2.05) is 0 Å². The SMILES string of the molecule is CCCCc1nc(C2(N)CCC2)cs1. The largest absolute Gasteiger partial charge is 0.320 e. The molecule has 14 heavy (non-hydrogen) atoms. The fourth-order valence-corrected chi connectivity index (χ4v) is 2.74. The summed E-state index contributed by atoms with van der Waals surface area (Å²) in [6.07, 6.45) is 7.09. The first kappa shape index (κ1) is 10.1. The van der Waals surface area contributed by atoms with Gasteiger partial charge in [0.1, 0.15) is 0 Å². The van der Waals surface area contributed by atoms with Crippen LogP contribution < -0.4 is 5.73 Å². The van der Waals surface area contributed by atoms with Crippen molar-refractivity contribution in [3.8, 4) is 0 Å². The third-order valence-corrected chi connectivity index (χ3v) is 3.96. The second kappa shape index (κ2) is 3.99. The van der Waals surface area contributed by atoms with Crippen molar-refractivity contribution >= 4 is 11.3 Å². The Morgan fingerprint density at radius 3 is 2.93 bits per heavy atom. The van der Waals surface area contributed by atoms with Crippen LogP contribution in [0.5, 0.6) is 0 Å². The molecule has 0 spiro atoms. The van der Waals surface area contributed by atoms with Gasteiger partial charge < -0.3 is 5.73 Å². The van der Waals surface area contributed by atoms with Gasteiger partial charge in [-0.2, -0.15) is 0 Å². The molecule has 1 aromatic heterocycles. The summed E-state index contributed by atoms with van der Waals surface area (Å²) in [6, 6.07) is 0. The van der Waals surface area contributed by atoms with Crippen molar-refractivity contribution in [3.05, 3.63) is 16.1 Å². The topological polar surface area (TPSA) is 38.9 Å². The minimum absolute atomic E-state index is 0.0685. The van der Waals surface area contributed by atoms with Gasteiger partial charge in [-0.3, -0.25) is 0 Å². The first-order chi connectivity index (χ1) is 6.74. The zero-order valence-electron chi connectivity index (χ0n) is 8.75. The molecule has 1 aromatic rings. The molecule has 1 fully saturated rings. The molecule has 0 unspecified atom stereocenters. The normalized spacial score (nSPS) is 19.3. The fourth-order valence-electron chi connectivity index (χ4n) is 1.80. The van der Waals surface area contributed by atoms with Crippen molar-refractivity contribution in [1.29, 1.82) is 0 Å². The molecule has 0 saturated heterocycles. The van der Waals surface area contributed by atoms with E-state index < -0.39 is 0 Å². The van der Waals surface area contributed by atoms with Gasteiger partial charge in [-0.05, 0) is 32.1 Å². The summed E-state index contributed by atoms with van der Waals surface area (Å²) in [7, 11) is 0. The highest BCUT2D eigenvalue weighted by Crippen LogP contribution is 2.38. The molecule has 0 bridgehead atoms. The minimum atomic E-state index is -0.0685. The van der Waals surface area contributed by atoms with Gasteiger partial charge in [-0.25, -0.2) is 4.98 Å². The smallest absolute Gasteiger partial charge is 0.0929 e. The molecule has 0 atom stereocenters. The van der Waals surface area contributed by atoms with Crippen LogP contribution in [0.15, 0.2) is 5.38 Å². The summed E-state index contributed by atoms with van der Waals surface area (Å²) in [4.78, 5) is 4.64. The number of nitrogens with two attached hydrogens (primary N) is 1. The number of hydrogen-bond acceptors (Lipinski definition) is 3. The molecule has 1 saturated carbocycles. The number of hydrogen-bond donors (Lipinski definition) is 1. The highest BCUT2D eigenvalue weighted by Gasteiger charge is 2.36. The fraction of sp³-hybridized carbons (Fsp3) is 0.727. The van der Waals surface area contributed by atoms with E-state index in [4.69, 9.17) is 5.73 Å². The number of unbranched alkanes of at least 4 members (excludes halogenated alkanes) is 1. The highest BCUT2D eigenvalue weighted by molar-refractivity contribution is 7.09. The molecule has 0 aromatic carbocycles. The summed E-state index contributed by atoms with van der Waals surface area (Å²) < 4.78 is 0. The molecule has 1 aliphatic rings. The predicted octanol–water partition coefficient (Wildman–Crippen LogP) is 2.82. The lowest BCUT2D eigenvalue weighted by atomic mass is 9.76. The van der Waals surface area contributed by atoms with Gasteiger partial charge in [-0.15, -0.1) is 11.3 Å². The quantitative estimate of drug-likeness (QED) is 0.830. The molecule has 0 radical (unpaired) electrons. The average Bonchev–Trinajstić information content (AvgIpc) is 2.59. The van der Waals surface area contributed by atoms with E-state index in [9.17, 15) is 0 Å². The van der Waals surface area contributed by atoms with E-state index in [-0.39, 0.29) is 5.54 Å². The Kier molecular flexibility index (Phi) is 2.88. The van der Waals surface area contributed by atoms with Crippen LogP contribution in [-0.2, 0) is 12.0 Å². The molecule has 1 aliphatic carbocycles. The molecule has 1 heterocycles. The predicted molar refractivity (Wildman–Crippen MR) is 60.4 cm³/mol. The molecular weight excluding hydrogens is 192 g/mol. The number of rotatable bonds is 4. The van der Waals surface area contributed by atoms with Crippen LogP contribution >= 0.6 is 11.3 Å². The number of aromatic nitrogens is 1. The maximum Gasteiger partial charge on any atom is 0.0929 e. The maximum absolute atomic E-state index is 6.21. The lowest BCUT2D eigenvalue weighted by molar-refractivity contribution is 0.247. The lowest BCUT2D eigenvalue weighted by Gasteiger charge is -2.36. The summed E-state index contributed by atoms with van der Waals surface area (Å²) in [5.74, 6) is 0. The van der Waals surface area contributed by atoms with Gasteiger partial charge in [0.2, 0.25) is 0 Å². The Hall–Kier alpha value is -0.410. The first-order valence-electron chi connectivity index (χ1n) is 5.48. The van der Waals surface area contributed by atoms with Gasteiger partial charge in [-0.1, -0.05) is 13.3 Å². The Morgan fingerprint density at radius 1 is 1.57 bits per heavy atom. The van der Waals surface area contributed by atoms with Crippen LogP contribution in [0.1, 0.15) is 49.7 Å². The van der Waals surface area contributed by atoms with Crippen molar-refractivity contribution in [3.63, 3.8) is 0 Å². The van der Waals surface area contributed by atoms with Gasteiger partial charge >= 0.3 is 0 Å². The zero-order valence-corrected chi connectivity index (χ0v) is 9.57. The van der Waals surface area contributed by atoms with Crippen LogP contribution in [0, 0.1) is 0 Å². The number of nitrogens with zero attached hydrogens (tertiary/aromatic N) is 1. The Bertz CT molecular complexity index is 302. The molecule has 3 heteroatoms. The summed E-state index contributed by atoms with van der Waals surface area (Å²) in [5, 5.41) is 3.42. The summed E-state index contributed by atoms with van der Waals surface area (Å²) in [5.41, 5.74) is 7.28. The third-order valence-electron chi connectivity index (χ3n) is 3.05. The highest BCUT2D eigenvalue weighted by atomic mass is 32.1. The summed E-state index contributed by atoms with van der Waals surface area (Å²) in [6.45, 7) is 2.21. The van der Waals surface area contributed by atoms with E-state index in [0.717, 1.165) is 25.0 Å². The Labute approximate surface area is 89.5 Å². The van der Waals surface area contributed by atoms with Gasteiger partial charge in [0, 0.05) is 5.38 Å². The zero-order chi connectivity index (χ0) is 10.0. The van der Waals surface area contributed by atoms with Crippen LogP contribution in [0.4, 0.5) is 0 Å². The van der Waals surface area contributed by atoms with Crippen LogP contribution in [0.25, 0.3) is 0 Å². The number of aryl methyl sites for hydroxylation is 1. The second-order valence-electron chi connectivity index (χ2n) is 4.24. The van der Waals surface area contributed by atoms with Crippen molar-refractivity contribution in [1.82, 2.24) is 4.98 Å². The Balaban J connectivity index is 2.02. The van der Waals surface area contributed by atoms with Crippen molar-refractivity contribution in [2.75, 3.05) is 0 Å². The minimum Gasteiger partial charge on any atom is -0.320 e.